The van der Waals surface area contributed by atoms with Crippen LogP contribution in [0.1, 0.15) is 11.1 Å². The van der Waals surface area contributed by atoms with Gasteiger partial charge >= 0.3 is 0 Å². The molecule has 0 saturated heterocycles. The summed E-state index contributed by atoms with van der Waals surface area (Å²) in [5.41, 5.74) is 1.93. The van der Waals surface area contributed by atoms with E-state index in [4.69, 9.17) is 0 Å². The molecule has 1 N–H and O–H groups in total. The zero-order valence-corrected chi connectivity index (χ0v) is 7.09. The number of fused-ring (bicyclic) bond motifs is 1. The molecule has 0 fully saturated rings. The predicted molar refractivity (Wildman–Crippen MR) is 46.9 cm³/mol. The highest BCUT2D eigenvalue weighted by Gasteiger charge is 2.22. The Morgan fingerprint density at radius 1 is 1.31 bits per heavy atom. The zero-order chi connectivity index (χ0) is 9.26. The zero-order valence-electron chi connectivity index (χ0n) is 7.09. The van der Waals surface area contributed by atoms with Gasteiger partial charge in [0.25, 0.3) is 5.91 Å². The minimum absolute atomic E-state index is 0.196. The predicted octanol–water partition coefficient (Wildman–Crippen LogP) is 1.20. The Balaban J connectivity index is 2.35. The van der Waals surface area contributed by atoms with E-state index in [-0.39, 0.29) is 6.42 Å². The number of alkyl halides is 1. The van der Waals surface area contributed by atoms with Crippen LogP contribution in [-0.4, -0.2) is 12.1 Å². The minimum Gasteiger partial charge on any atom is -0.349 e. The van der Waals surface area contributed by atoms with Gasteiger partial charge in [0, 0.05) is 13.0 Å². The van der Waals surface area contributed by atoms with Crippen LogP contribution < -0.4 is 5.32 Å². The van der Waals surface area contributed by atoms with Gasteiger partial charge in [0.2, 0.25) is 0 Å². The summed E-state index contributed by atoms with van der Waals surface area (Å²) in [5, 5.41) is 2.54. The van der Waals surface area contributed by atoms with E-state index in [2.05, 4.69) is 5.32 Å². The molecule has 0 radical (unpaired) electrons. The summed E-state index contributed by atoms with van der Waals surface area (Å²) >= 11 is 0. The molecule has 2 rings (SSSR count). The fourth-order valence-electron chi connectivity index (χ4n) is 1.51. The molecule has 1 aliphatic heterocycles. The van der Waals surface area contributed by atoms with Gasteiger partial charge in [0.05, 0.1) is 0 Å². The third-order valence-corrected chi connectivity index (χ3v) is 2.26. The van der Waals surface area contributed by atoms with Crippen molar-refractivity contribution in [3.63, 3.8) is 0 Å². The molecule has 13 heavy (non-hydrogen) atoms. The molecule has 0 bridgehead atoms. The summed E-state index contributed by atoms with van der Waals surface area (Å²) in [5.74, 6) is -0.504. The molecule has 1 heterocycles. The molecule has 0 aliphatic carbocycles. The maximum absolute atomic E-state index is 13.1. The van der Waals surface area contributed by atoms with Gasteiger partial charge in [0.1, 0.15) is 0 Å². The molecule has 0 aromatic heterocycles. The van der Waals surface area contributed by atoms with Crippen LogP contribution in [0.15, 0.2) is 24.3 Å². The average Bonchev–Trinajstić information content (AvgIpc) is 2.28. The van der Waals surface area contributed by atoms with Crippen LogP contribution >= 0.6 is 0 Å². The van der Waals surface area contributed by atoms with Crippen molar-refractivity contribution in [3.05, 3.63) is 35.4 Å². The van der Waals surface area contributed by atoms with E-state index in [9.17, 15) is 9.18 Å². The van der Waals surface area contributed by atoms with Crippen LogP contribution in [0.2, 0.25) is 0 Å². The van der Waals surface area contributed by atoms with E-state index in [1.54, 1.807) is 0 Å². The molecule has 3 heteroatoms. The first-order valence-electron chi connectivity index (χ1n) is 4.26. The maximum Gasteiger partial charge on any atom is 0.255 e. The highest BCUT2D eigenvalue weighted by atomic mass is 19.1. The van der Waals surface area contributed by atoms with Crippen molar-refractivity contribution in [3.8, 4) is 0 Å². The van der Waals surface area contributed by atoms with Crippen LogP contribution in [0, 0.1) is 0 Å². The first-order valence-corrected chi connectivity index (χ1v) is 4.26. The molecule has 0 spiro atoms. The van der Waals surface area contributed by atoms with Gasteiger partial charge in [-0.05, 0) is 11.1 Å². The van der Waals surface area contributed by atoms with E-state index in [0.29, 0.717) is 6.54 Å². The standard InChI is InChI=1S/C10H10FNO/c11-9-5-7-3-1-2-4-8(7)6-12-10(9)13/h1-4,9H,5-6H2,(H,12,13). The molecule has 68 valence electrons. The number of rotatable bonds is 0. The third kappa shape index (κ3) is 1.54. The van der Waals surface area contributed by atoms with Crippen molar-refractivity contribution in [1.29, 1.82) is 0 Å². The van der Waals surface area contributed by atoms with Crippen LogP contribution in [0.5, 0.6) is 0 Å². The summed E-state index contributed by atoms with van der Waals surface area (Å²) in [7, 11) is 0. The van der Waals surface area contributed by atoms with Gasteiger partial charge in [-0.25, -0.2) is 4.39 Å². The second kappa shape index (κ2) is 3.17. The fourth-order valence-corrected chi connectivity index (χ4v) is 1.51. The first-order chi connectivity index (χ1) is 6.27. The Morgan fingerprint density at radius 2 is 2.00 bits per heavy atom. The van der Waals surface area contributed by atoms with Crippen LogP contribution in [-0.2, 0) is 17.8 Å². The summed E-state index contributed by atoms with van der Waals surface area (Å²) in [4.78, 5) is 11.0. The quantitative estimate of drug-likeness (QED) is 0.637. The molecule has 1 atom stereocenters. The van der Waals surface area contributed by atoms with Crippen LogP contribution in [0.3, 0.4) is 0 Å². The largest absolute Gasteiger partial charge is 0.349 e. The summed E-state index contributed by atoms with van der Waals surface area (Å²) < 4.78 is 13.1. The highest BCUT2D eigenvalue weighted by Crippen LogP contribution is 2.15. The second-order valence-electron chi connectivity index (χ2n) is 3.16. The summed E-state index contributed by atoms with van der Waals surface area (Å²) in [6, 6.07) is 7.53. The summed E-state index contributed by atoms with van der Waals surface area (Å²) in [6.07, 6.45) is -1.20. The smallest absolute Gasteiger partial charge is 0.255 e. The van der Waals surface area contributed by atoms with E-state index in [1.165, 1.54) is 0 Å². The van der Waals surface area contributed by atoms with Gasteiger partial charge < -0.3 is 5.32 Å². The Bertz CT molecular complexity index is 337. The Hall–Kier alpha value is -1.38. The van der Waals surface area contributed by atoms with Gasteiger partial charge in [-0.3, -0.25) is 4.79 Å². The number of hydrogen-bond acceptors (Lipinski definition) is 1. The first kappa shape index (κ1) is 8.23. The van der Waals surface area contributed by atoms with Gasteiger partial charge in [-0.2, -0.15) is 0 Å². The molecule has 1 aliphatic rings. The van der Waals surface area contributed by atoms with Gasteiger partial charge in [-0.15, -0.1) is 0 Å². The molecule has 1 unspecified atom stereocenters. The topological polar surface area (TPSA) is 29.1 Å². The Kier molecular flexibility index (Phi) is 2.00. The van der Waals surface area contributed by atoms with E-state index in [1.807, 2.05) is 24.3 Å². The lowest BCUT2D eigenvalue weighted by atomic mass is 10.0. The van der Waals surface area contributed by atoms with Crippen molar-refractivity contribution in [1.82, 2.24) is 5.32 Å². The third-order valence-electron chi connectivity index (χ3n) is 2.26. The minimum atomic E-state index is -1.40. The van der Waals surface area contributed by atoms with Crippen LogP contribution in [0.25, 0.3) is 0 Å². The van der Waals surface area contributed by atoms with Gasteiger partial charge in [-0.1, -0.05) is 24.3 Å². The monoisotopic (exact) mass is 179 g/mol. The Labute approximate surface area is 75.8 Å². The van der Waals surface area contributed by atoms with Crippen molar-refractivity contribution in [2.75, 3.05) is 0 Å². The number of nitrogens with one attached hydrogen (secondary N) is 1. The molecular weight excluding hydrogens is 169 g/mol. The lowest BCUT2D eigenvalue weighted by Crippen LogP contribution is -2.29. The number of hydrogen-bond donors (Lipinski definition) is 1. The van der Waals surface area contributed by atoms with Crippen molar-refractivity contribution in [2.24, 2.45) is 0 Å². The number of carbonyl (C=O) groups excluding carboxylic acids is 1. The molecule has 1 aromatic rings. The summed E-state index contributed by atoms with van der Waals surface area (Å²) in [6.45, 7) is 0.440. The lowest BCUT2D eigenvalue weighted by molar-refractivity contribution is -0.125. The molecule has 1 aromatic carbocycles. The maximum atomic E-state index is 13.1. The highest BCUT2D eigenvalue weighted by molar-refractivity contribution is 5.81. The molecule has 2 nitrogen and oxygen atoms in total. The van der Waals surface area contributed by atoms with Crippen molar-refractivity contribution < 1.29 is 9.18 Å². The SMILES string of the molecule is O=C1NCc2ccccc2CC1F. The lowest BCUT2D eigenvalue weighted by Gasteiger charge is -2.02. The van der Waals surface area contributed by atoms with E-state index in [0.717, 1.165) is 11.1 Å². The normalized spacial score (nSPS) is 21.6. The average molecular weight is 179 g/mol. The van der Waals surface area contributed by atoms with Gasteiger partial charge in [0.15, 0.2) is 6.17 Å². The van der Waals surface area contributed by atoms with E-state index >= 15 is 0 Å². The fraction of sp³-hybridized carbons (Fsp3) is 0.300. The number of halogens is 1. The van der Waals surface area contributed by atoms with Crippen LogP contribution in [0.4, 0.5) is 4.39 Å². The molecule has 1 amide bonds. The number of amides is 1. The van der Waals surface area contributed by atoms with Crippen molar-refractivity contribution in [2.45, 2.75) is 19.1 Å². The molecular formula is C10H10FNO. The molecule has 0 saturated carbocycles. The number of carbonyl (C=O) groups is 1. The Morgan fingerprint density at radius 3 is 2.77 bits per heavy atom. The van der Waals surface area contributed by atoms with E-state index < -0.39 is 12.1 Å². The van der Waals surface area contributed by atoms with Crippen molar-refractivity contribution >= 4 is 5.91 Å². The second-order valence-corrected chi connectivity index (χ2v) is 3.16. The number of benzene rings is 1.